The Balaban J connectivity index is 4.25. The number of carbonyl (C=O) groups is 3. The molecule has 0 amide bonds. The number of rotatable bonds is 51. The molecule has 0 aromatic rings. The highest BCUT2D eigenvalue weighted by molar-refractivity contribution is 5.71. The van der Waals surface area contributed by atoms with Gasteiger partial charge in [0, 0.05) is 19.3 Å². The third-order valence-corrected chi connectivity index (χ3v) is 12.8. The highest BCUT2D eigenvalue weighted by Crippen LogP contribution is 2.18. The van der Waals surface area contributed by atoms with Crippen molar-refractivity contribution in [2.45, 2.75) is 323 Å². The zero-order valence-corrected chi connectivity index (χ0v) is 42.3. The Morgan fingerprint density at radius 1 is 0.306 bits per heavy atom. The fourth-order valence-electron chi connectivity index (χ4n) is 8.57. The molecule has 0 bridgehead atoms. The van der Waals surface area contributed by atoms with Crippen molar-refractivity contribution in [1.82, 2.24) is 0 Å². The number of hydrogen-bond acceptors (Lipinski definition) is 6. The lowest BCUT2D eigenvalue weighted by Crippen LogP contribution is -2.30. The average molecular weight is 877 g/mol. The van der Waals surface area contributed by atoms with Gasteiger partial charge in [0.15, 0.2) is 6.10 Å². The summed E-state index contributed by atoms with van der Waals surface area (Å²) in [7, 11) is 0. The van der Waals surface area contributed by atoms with Crippen LogP contribution in [0.25, 0.3) is 0 Å². The monoisotopic (exact) mass is 877 g/mol. The summed E-state index contributed by atoms with van der Waals surface area (Å²) in [5.74, 6) is 0.0104. The summed E-state index contributed by atoms with van der Waals surface area (Å²) in [6.07, 6.45) is 53.7. The third-order valence-electron chi connectivity index (χ3n) is 12.8. The largest absolute Gasteiger partial charge is 0.462 e. The van der Waals surface area contributed by atoms with E-state index in [0.717, 1.165) is 63.7 Å². The van der Waals surface area contributed by atoms with Crippen molar-refractivity contribution in [3.63, 3.8) is 0 Å². The summed E-state index contributed by atoms with van der Waals surface area (Å²) in [6.45, 7) is 9.05. The Morgan fingerprint density at radius 3 is 0.790 bits per heavy atom. The van der Waals surface area contributed by atoms with Crippen molar-refractivity contribution in [3.05, 3.63) is 0 Å². The van der Waals surface area contributed by atoms with Gasteiger partial charge in [-0.1, -0.05) is 278 Å². The number of ether oxygens (including phenoxy) is 3. The van der Waals surface area contributed by atoms with Crippen LogP contribution in [0.15, 0.2) is 0 Å². The topological polar surface area (TPSA) is 78.9 Å². The van der Waals surface area contributed by atoms with E-state index < -0.39 is 6.10 Å². The molecule has 6 nitrogen and oxygen atoms in total. The average Bonchev–Trinajstić information content (AvgIpc) is 3.26. The summed E-state index contributed by atoms with van der Waals surface area (Å²) in [5, 5.41) is 0. The van der Waals surface area contributed by atoms with Gasteiger partial charge in [-0.25, -0.2) is 0 Å². The van der Waals surface area contributed by atoms with Crippen LogP contribution >= 0.6 is 0 Å². The van der Waals surface area contributed by atoms with Crippen LogP contribution < -0.4 is 0 Å². The van der Waals surface area contributed by atoms with E-state index in [0.29, 0.717) is 19.3 Å². The van der Waals surface area contributed by atoms with E-state index in [1.165, 1.54) is 212 Å². The first-order valence-electron chi connectivity index (χ1n) is 27.9. The van der Waals surface area contributed by atoms with Crippen molar-refractivity contribution in [2.75, 3.05) is 13.2 Å². The molecule has 0 spiro atoms. The van der Waals surface area contributed by atoms with E-state index in [9.17, 15) is 14.4 Å². The van der Waals surface area contributed by atoms with Gasteiger partial charge >= 0.3 is 17.9 Å². The predicted octanol–water partition coefficient (Wildman–Crippen LogP) is 18.2. The molecule has 0 aromatic heterocycles. The zero-order chi connectivity index (χ0) is 45.2. The van der Waals surface area contributed by atoms with Gasteiger partial charge in [-0.3, -0.25) is 14.4 Å². The van der Waals surface area contributed by atoms with Crippen LogP contribution in [0.5, 0.6) is 0 Å². The van der Waals surface area contributed by atoms with Gasteiger partial charge in [0.1, 0.15) is 13.2 Å². The highest BCUT2D eigenvalue weighted by Gasteiger charge is 2.19. The van der Waals surface area contributed by atoms with Gasteiger partial charge in [-0.2, -0.15) is 0 Å². The van der Waals surface area contributed by atoms with Crippen LogP contribution in [-0.4, -0.2) is 37.2 Å². The van der Waals surface area contributed by atoms with Crippen molar-refractivity contribution in [1.29, 1.82) is 0 Å². The van der Waals surface area contributed by atoms with E-state index >= 15 is 0 Å². The van der Waals surface area contributed by atoms with Crippen molar-refractivity contribution < 1.29 is 28.6 Å². The Bertz CT molecular complexity index is 933. The van der Waals surface area contributed by atoms with Crippen LogP contribution in [0.3, 0.4) is 0 Å². The fraction of sp³-hybridized carbons (Fsp3) is 0.946. The predicted molar refractivity (Wildman–Crippen MR) is 266 cm³/mol. The Kier molecular flexibility index (Phi) is 49.1. The van der Waals surface area contributed by atoms with Gasteiger partial charge in [0.05, 0.1) is 0 Å². The molecule has 0 saturated carbocycles. The summed E-state index contributed by atoms with van der Waals surface area (Å²) >= 11 is 0. The molecule has 0 aromatic carbocycles. The smallest absolute Gasteiger partial charge is 0.306 e. The van der Waals surface area contributed by atoms with Crippen molar-refractivity contribution in [3.8, 4) is 0 Å². The van der Waals surface area contributed by atoms with Crippen LogP contribution in [0.1, 0.15) is 317 Å². The van der Waals surface area contributed by atoms with Crippen LogP contribution in [0.4, 0.5) is 0 Å². The van der Waals surface area contributed by atoms with E-state index in [2.05, 4.69) is 27.7 Å². The minimum Gasteiger partial charge on any atom is -0.462 e. The maximum absolute atomic E-state index is 12.8. The lowest BCUT2D eigenvalue weighted by molar-refractivity contribution is -0.167. The number of hydrogen-bond donors (Lipinski definition) is 0. The first-order chi connectivity index (χ1) is 30.4. The maximum atomic E-state index is 12.8. The summed E-state index contributed by atoms with van der Waals surface area (Å²) < 4.78 is 16.8. The lowest BCUT2D eigenvalue weighted by Gasteiger charge is -2.18. The molecule has 368 valence electrons. The molecule has 0 rings (SSSR count). The molecular weight excluding hydrogens is 769 g/mol. The van der Waals surface area contributed by atoms with Crippen LogP contribution in [0.2, 0.25) is 0 Å². The molecule has 1 atom stereocenters. The molecular formula is C56H108O6. The molecule has 62 heavy (non-hydrogen) atoms. The van der Waals surface area contributed by atoms with Gasteiger partial charge in [0.25, 0.3) is 0 Å². The quantitative estimate of drug-likeness (QED) is 0.0344. The van der Waals surface area contributed by atoms with Crippen molar-refractivity contribution in [2.24, 2.45) is 5.92 Å². The Hall–Kier alpha value is -1.59. The standard InChI is InChI=1S/C56H108O6/c1-5-7-9-11-13-15-17-18-20-24-28-31-35-39-43-47-54(57)60-50-53(62-56(59)49-45-41-37-33-26-16-14-12-10-8-6-2)51-61-55(58)48-44-40-36-32-29-25-22-19-21-23-27-30-34-38-42-46-52(3)4/h52-53H,5-51H2,1-4H3/t53-/m0/s1. The molecule has 0 unspecified atom stereocenters. The Labute approximate surface area is 387 Å². The molecule has 0 fully saturated rings. The molecule has 0 aliphatic rings. The molecule has 0 saturated heterocycles. The number of esters is 3. The SMILES string of the molecule is CCCCCCCCCCCCCCCCCC(=O)OC[C@@H](COC(=O)CCCCCCCCCCCCCCCCCC(C)C)OC(=O)CCCCCCCCCCCCC. The van der Waals surface area contributed by atoms with Gasteiger partial charge < -0.3 is 14.2 Å². The van der Waals surface area contributed by atoms with E-state index in [1.807, 2.05) is 0 Å². The van der Waals surface area contributed by atoms with E-state index in [4.69, 9.17) is 14.2 Å². The molecule has 0 heterocycles. The Morgan fingerprint density at radius 2 is 0.532 bits per heavy atom. The summed E-state index contributed by atoms with van der Waals surface area (Å²) in [5.41, 5.74) is 0. The molecule has 0 aliphatic heterocycles. The summed E-state index contributed by atoms with van der Waals surface area (Å²) in [4.78, 5) is 38.0. The van der Waals surface area contributed by atoms with Gasteiger partial charge in [0.2, 0.25) is 0 Å². The lowest BCUT2D eigenvalue weighted by atomic mass is 10.0. The molecule has 0 aliphatic carbocycles. The first kappa shape index (κ1) is 60.4. The second-order valence-corrected chi connectivity index (χ2v) is 19.7. The van der Waals surface area contributed by atoms with E-state index in [-0.39, 0.29) is 31.1 Å². The normalized spacial score (nSPS) is 12.0. The minimum absolute atomic E-state index is 0.0621. The van der Waals surface area contributed by atoms with Crippen molar-refractivity contribution >= 4 is 17.9 Å². The number of unbranched alkanes of at least 4 members (excludes halogenated alkanes) is 38. The van der Waals surface area contributed by atoms with Crippen LogP contribution in [0, 0.1) is 5.92 Å². The fourth-order valence-corrected chi connectivity index (χ4v) is 8.57. The molecule has 0 radical (unpaired) electrons. The number of carbonyl (C=O) groups excluding carboxylic acids is 3. The highest BCUT2D eigenvalue weighted by atomic mass is 16.6. The van der Waals surface area contributed by atoms with Gasteiger partial charge in [-0.05, 0) is 25.2 Å². The maximum Gasteiger partial charge on any atom is 0.306 e. The van der Waals surface area contributed by atoms with Crippen LogP contribution in [-0.2, 0) is 28.6 Å². The molecule has 6 heteroatoms. The van der Waals surface area contributed by atoms with Gasteiger partial charge in [-0.15, -0.1) is 0 Å². The second kappa shape index (κ2) is 50.4. The molecule has 0 N–H and O–H groups in total. The summed E-state index contributed by atoms with van der Waals surface area (Å²) in [6, 6.07) is 0. The first-order valence-corrected chi connectivity index (χ1v) is 27.9. The third kappa shape index (κ3) is 49.4. The zero-order valence-electron chi connectivity index (χ0n) is 42.3. The van der Waals surface area contributed by atoms with E-state index in [1.54, 1.807) is 0 Å². The second-order valence-electron chi connectivity index (χ2n) is 19.7. The minimum atomic E-state index is -0.760.